The van der Waals surface area contributed by atoms with Gasteiger partial charge in [-0.2, -0.15) is 0 Å². The Balaban J connectivity index is 1.56. The molecule has 0 bridgehead atoms. The first-order valence-corrected chi connectivity index (χ1v) is 8.04. The highest BCUT2D eigenvalue weighted by Crippen LogP contribution is 2.33. The van der Waals surface area contributed by atoms with Crippen LogP contribution in [0.2, 0.25) is 0 Å². The van der Waals surface area contributed by atoms with Crippen molar-refractivity contribution in [2.45, 2.75) is 44.8 Å². The first kappa shape index (κ1) is 13.7. The molecule has 0 saturated carbocycles. The molecule has 2 heterocycles. The third-order valence-electron chi connectivity index (χ3n) is 3.71. The highest BCUT2D eigenvalue weighted by molar-refractivity contribution is 7.10. The van der Waals surface area contributed by atoms with E-state index in [-0.39, 0.29) is 6.61 Å². The number of rotatable bonds is 6. The Kier molecular flexibility index (Phi) is 4.44. The standard InChI is InChI=1S/C14H20N4OS/c19-7-2-6-18-10-11(16-17-18)9-15-13-3-1-4-14-12(13)5-8-20-14/h5,8,10,13,15,19H,1-4,6-7,9H2. The van der Waals surface area contributed by atoms with E-state index < -0.39 is 0 Å². The predicted molar refractivity (Wildman–Crippen MR) is 78.6 cm³/mol. The van der Waals surface area contributed by atoms with Gasteiger partial charge in [0.15, 0.2) is 0 Å². The number of aliphatic hydroxyl groups excluding tert-OH is 1. The number of aromatic nitrogens is 3. The van der Waals surface area contributed by atoms with Crippen molar-refractivity contribution in [1.82, 2.24) is 20.3 Å². The van der Waals surface area contributed by atoms with Gasteiger partial charge < -0.3 is 10.4 Å². The minimum Gasteiger partial charge on any atom is -0.396 e. The molecule has 1 aliphatic rings. The van der Waals surface area contributed by atoms with Crippen molar-refractivity contribution in [2.24, 2.45) is 0 Å². The lowest BCUT2D eigenvalue weighted by molar-refractivity contribution is 0.276. The van der Waals surface area contributed by atoms with E-state index in [1.807, 2.05) is 17.5 Å². The number of nitrogens with zero attached hydrogens (tertiary/aromatic N) is 3. The summed E-state index contributed by atoms with van der Waals surface area (Å²) < 4.78 is 1.80. The molecule has 20 heavy (non-hydrogen) atoms. The van der Waals surface area contributed by atoms with Crippen molar-refractivity contribution in [1.29, 1.82) is 0 Å². The SMILES string of the molecule is OCCCn1cc(CNC2CCCc3sccc32)nn1. The van der Waals surface area contributed by atoms with Crippen molar-refractivity contribution in [3.8, 4) is 0 Å². The molecule has 0 aliphatic heterocycles. The zero-order valence-electron chi connectivity index (χ0n) is 11.5. The quantitative estimate of drug-likeness (QED) is 0.853. The van der Waals surface area contributed by atoms with E-state index >= 15 is 0 Å². The van der Waals surface area contributed by atoms with Crippen LogP contribution >= 0.6 is 11.3 Å². The van der Waals surface area contributed by atoms with Gasteiger partial charge in [0.1, 0.15) is 0 Å². The number of fused-ring (bicyclic) bond motifs is 1. The van der Waals surface area contributed by atoms with Gasteiger partial charge in [0.2, 0.25) is 0 Å². The zero-order valence-corrected chi connectivity index (χ0v) is 12.3. The average Bonchev–Trinajstić information content (AvgIpc) is 3.11. The van der Waals surface area contributed by atoms with Crippen LogP contribution in [0.5, 0.6) is 0 Å². The predicted octanol–water partition coefficient (Wildman–Crippen LogP) is 1.89. The molecule has 0 spiro atoms. The minimum atomic E-state index is 0.191. The first-order valence-electron chi connectivity index (χ1n) is 7.16. The van der Waals surface area contributed by atoms with Gasteiger partial charge in [-0.15, -0.1) is 16.4 Å². The van der Waals surface area contributed by atoms with E-state index in [1.54, 1.807) is 4.68 Å². The lowest BCUT2D eigenvalue weighted by Gasteiger charge is -2.23. The van der Waals surface area contributed by atoms with Gasteiger partial charge in [-0.1, -0.05) is 5.21 Å². The molecule has 1 aliphatic carbocycles. The van der Waals surface area contributed by atoms with Crippen LogP contribution in [0.1, 0.15) is 41.4 Å². The van der Waals surface area contributed by atoms with Crippen molar-refractivity contribution in [3.63, 3.8) is 0 Å². The van der Waals surface area contributed by atoms with Crippen LogP contribution in [0, 0.1) is 0 Å². The molecule has 2 N–H and O–H groups in total. The first-order chi connectivity index (χ1) is 9.86. The van der Waals surface area contributed by atoms with Crippen molar-refractivity contribution in [2.75, 3.05) is 6.61 Å². The topological polar surface area (TPSA) is 63.0 Å². The number of thiophene rings is 1. The number of nitrogens with one attached hydrogen (secondary N) is 1. The van der Waals surface area contributed by atoms with Crippen molar-refractivity contribution in [3.05, 3.63) is 33.8 Å². The lowest BCUT2D eigenvalue weighted by Crippen LogP contribution is -2.24. The van der Waals surface area contributed by atoms with Gasteiger partial charge in [0.25, 0.3) is 0 Å². The monoisotopic (exact) mass is 292 g/mol. The van der Waals surface area contributed by atoms with Gasteiger partial charge in [-0.25, -0.2) is 0 Å². The third kappa shape index (κ3) is 3.08. The average molecular weight is 292 g/mol. The van der Waals surface area contributed by atoms with E-state index in [0.717, 1.165) is 25.2 Å². The molecule has 1 unspecified atom stereocenters. The highest BCUT2D eigenvalue weighted by Gasteiger charge is 2.20. The van der Waals surface area contributed by atoms with Crippen LogP contribution in [0.4, 0.5) is 0 Å². The number of hydrogen-bond acceptors (Lipinski definition) is 5. The van der Waals surface area contributed by atoms with E-state index in [9.17, 15) is 0 Å². The Morgan fingerprint density at radius 1 is 1.50 bits per heavy atom. The number of aryl methyl sites for hydroxylation is 2. The van der Waals surface area contributed by atoms with E-state index in [2.05, 4.69) is 27.1 Å². The molecule has 0 aromatic carbocycles. The maximum Gasteiger partial charge on any atom is 0.0965 e. The molecule has 0 radical (unpaired) electrons. The minimum absolute atomic E-state index is 0.191. The van der Waals surface area contributed by atoms with Crippen molar-refractivity contribution >= 4 is 11.3 Å². The summed E-state index contributed by atoms with van der Waals surface area (Å²) >= 11 is 1.87. The fourth-order valence-electron chi connectivity index (χ4n) is 2.69. The Hall–Kier alpha value is -1.24. The highest BCUT2D eigenvalue weighted by atomic mass is 32.1. The summed E-state index contributed by atoms with van der Waals surface area (Å²) in [5, 5.41) is 22.8. The molecule has 2 aromatic heterocycles. The Labute approximate surface area is 122 Å². The molecule has 5 nitrogen and oxygen atoms in total. The molecule has 1 atom stereocenters. The molecule has 0 fully saturated rings. The molecule has 108 valence electrons. The summed E-state index contributed by atoms with van der Waals surface area (Å²) in [5.41, 5.74) is 2.43. The zero-order chi connectivity index (χ0) is 13.8. The van der Waals surface area contributed by atoms with Crippen molar-refractivity contribution < 1.29 is 5.11 Å². The summed E-state index contributed by atoms with van der Waals surface area (Å²) in [6.45, 7) is 1.66. The van der Waals surface area contributed by atoms with Crippen LogP contribution in [0.15, 0.2) is 17.6 Å². The second kappa shape index (κ2) is 6.47. The molecule has 2 aromatic rings. The second-order valence-electron chi connectivity index (χ2n) is 5.17. The Morgan fingerprint density at radius 2 is 2.45 bits per heavy atom. The van der Waals surface area contributed by atoms with Gasteiger partial charge in [-0.3, -0.25) is 4.68 Å². The Bertz CT molecular complexity index is 551. The molecule has 6 heteroatoms. The van der Waals surface area contributed by atoms with E-state index in [4.69, 9.17) is 5.11 Å². The fourth-order valence-corrected chi connectivity index (χ4v) is 3.68. The second-order valence-corrected chi connectivity index (χ2v) is 6.18. The normalized spacial score (nSPS) is 18.1. The molecular formula is C14H20N4OS. The summed E-state index contributed by atoms with van der Waals surface area (Å²) in [5.74, 6) is 0. The van der Waals surface area contributed by atoms with Crippen LogP contribution in [0.3, 0.4) is 0 Å². The van der Waals surface area contributed by atoms with E-state index in [1.165, 1.54) is 29.7 Å². The summed E-state index contributed by atoms with van der Waals surface area (Å²) in [6.07, 6.45) is 6.36. The molecule has 3 rings (SSSR count). The molecule has 0 amide bonds. The molecular weight excluding hydrogens is 272 g/mol. The maximum absolute atomic E-state index is 8.81. The largest absolute Gasteiger partial charge is 0.396 e. The van der Waals surface area contributed by atoms with Crippen LogP contribution in [-0.2, 0) is 19.5 Å². The summed E-state index contributed by atoms with van der Waals surface area (Å²) in [7, 11) is 0. The molecule has 0 saturated heterocycles. The van der Waals surface area contributed by atoms with Crippen LogP contribution in [-0.4, -0.2) is 26.7 Å². The van der Waals surface area contributed by atoms with Crippen LogP contribution in [0.25, 0.3) is 0 Å². The summed E-state index contributed by atoms with van der Waals surface area (Å²) in [4.78, 5) is 1.53. The van der Waals surface area contributed by atoms with E-state index in [0.29, 0.717) is 6.04 Å². The fraction of sp³-hybridized carbons (Fsp3) is 0.571. The number of hydrogen-bond donors (Lipinski definition) is 2. The van der Waals surface area contributed by atoms with Gasteiger partial charge in [0, 0.05) is 36.8 Å². The van der Waals surface area contributed by atoms with Gasteiger partial charge in [0.05, 0.1) is 5.69 Å². The lowest BCUT2D eigenvalue weighted by atomic mass is 9.94. The maximum atomic E-state index is 8.81. The Morgan fingerprint density at radius 3 is 3.35 bits per heavy atom. The van der Waals surface area contributed by atoms with Crippen LogP contribution < -0.4 is 5.32 Å². The summed E-state index contributed by atoms with van der Waals surface area (Å²) in [6, 6.07) is 2.70. The number of aliphatic hydroxyl groups is 1. The smallest absolute Gasteiger partial charge is 0.0965 e. The third-order valence-corrected chi connectivity index (χ3v) is 4.71. The van der Waals surface area contributed by atoms with Gasteiger partial charge >= 0.3 is 0 Å². The van der Waals surface area contributed by atoms with Gasteiger partial charge in [-0.05, 0) is 42.7 Å².